The topological polar surface area (TPSA) is 83.8 Å². The average Bonchev–Trinajstić information content (AvgIpc) is 2.53. The first-order chi connectivity index (χ1) is 11.0. The molecule has 0 aromatic rings. The van der Waals surface area contributed by atoms with Crippen LogP contribution in [0.4, 0.5) is 0 Å². The van der Waals surface area contributed by atoms with Crippen LogP contribution >= 0.6 is 0 Å². The minimum atomic E-state index is -0.955. The third-order valence-electron chi connectivity index (χ3n) is 3.58. The monoisotopic (exact) mass is 326 g/mol. The molecular formula is C18H30O5. The molecule has 0 aliphatic rings. The maximum atomic E-state index is 11.7. The molecule has 0 radical (unpaired) electrons. The number of carbonyl (C=O) groups excluding carboxylic acids is 1. The van der Waals surface area contributed by atoms with Gasteiger partial charge in [-0.15, -0.1) is 0 Å². The molecule has 0 aliphatic heterocycles. The summed E-state index contributed by atoms with van der Waals surface area (Å²) in [7, 11) is 0. The summed E-state index contributed by atoms with van der Waals surface area (Å²) < 4.78 is 5.14. The summed E-state index contributed by atoms with van der Waals surface area (Å²) in [6.07, 6.45) is 8.22. The molecule has 0 unspecified atom stereocenters. The highest BCUT2D eigenvalue weighted by Gasteiger charge is 2.08. The van der Waals surface area contributed by atoms with E-state index in [2.05, 4.69) is 13.2 Å². The maximum absolute atomic E-state index is 11.7. The van der Waals surface area contributed by atoms with Gasteiger partial charge in [0, 0.05) is 17.8 Å². The van der Waals surface area contributed by atoms with E-state index in [0.29, 0.717) is 31.4 Å². The summed E-state index contributed by atoms with van der Waals surface area (Å²) in [6, 6.07) is 0. The van der Waals surface area contributed by atoms with Crippen molar-refractivity contribution in [1.29, 1.82) is 0 Å². The minimum absolute atomic E-state index is 0.217. The lowest BCUT2D eigenvalue weighted by molar-refractivity contribution is -0.139. The number of aliphatic hydroxyl groups is 1. The highest BCUT2D eigenvalue weighted by atomic mass is 16.5. The average molecular weight is 326 g/mol. The normalized spacial score (nSPS) is 10.3. The second-order valence-electron chi connectivity index (χ2n) is 5.70. The van der Waals surface area contributed by atoms with Gasteiger partial charge >= 0.3 is 11.9 Å². The van der Waals surface area contributed by atoms with Gasteiger partial charge in [-0.25, -0.2) is 9.59 Å². The zero-order chi connectivity index (χ0) is 17.5. The first-order valence-corrected chi connectivity index (χ1v) is 8.36. The van der Waals surface area contributed by atoms with Crippen LogP contribution in [-0.4, -0.2) is 35.4 Å². The van der Waals surface area contributed by atoms with E-state index in [1.54, 1.807) is 0 Å². The summed E-state index contributed by atoms with van der Waals surface area (Å²) in [5.41, 5.74) is 0.723. The van der Waals surface area contributed by atoms with Gasteiger partial charge in [0.25, 0.3) is 0 Å². The zero-order valence-corrected chi connectivity index (χ0v) is 14.0. The summed E-state index contributed by atoms with van der Waals surface area (Å²) in [5, 5.41) is 17.3. The number of hydrogen-bond acceptors (Lipinski definition) is 4. The number of aliphatic hydroxyl groups excluding tert-OH is 1. The second kappa shape index (κ2) is 14.0. The Morgan fingerprint density at radius 2 is 1.30 bits per heavy atom. The van der Waals surface area contributed by atoms with E-state index in [0.717, 1.165) is 44.9 Å². The SMILES string of the molecule is C=C(CCCCCOC(=O)C(=C)CCCCCCCO)C(=O)O. The molecule has 132 valence electrons. The summed E-state index contributed by atoms with van der Waals surface area (Å²) in [5.74, 6) is -1.29. The molecule has 5 nitrogen and oxygen atoms in total. The molecule has 0 heterocycles. The van der Waals surface area contributed by atoms with E-state index in [1.807, 2.05) is 0 Å². The molecule has 0 spiro atoms. The minimum Gasteiger partial charge on any atom is -0.478 e. The molecule has 5 heteroatoms. The molecule has 0 atom stereocenters. The van der Waals surface area contributed by atoms with Crippen molar-refractivity contribution < 1.29 is 24.5 Å². The molecule has 0 amide bonds. The second-order valence-corrected chi connectivity index (χ2v) is 5.70. The van der Waals surface area contributed by atoms with Gasteiger partial charge in [-0.1, -0.05) is 32.4 Å². The molecule has 0 aromatic heterocycles. The Hall–Kier alpha value is -1.62. The molecule has 0 saturated carbocycles. The Kier molecular flexibility index (Phi) is 13.0. The standard InChI is InChI=1S/C18H30O5/c1-15(17(20)21)11-8-6-10-14-23-18(22)16(2)12-7-4-3-5-9-13-19/h19H,1-14H2,(H,20,21). The van der Waals surface area contributed by atoms with Crippen LogP contribution in [0.5, 0.6) is 0 Å². The number of esters is 1. The summed E-state index contributed by atoms with van der Waals surface area (Å²) >= 11 is 0. The van der Waals surface area contributed by atoms with Gasteiger partial charge in [0.05, 0.1) is 6.61 Å². The zero-order valence-electron chi connectivity index (χ0n) is 14.0. The van der Waals surface area contributed by atoms with Crippen LogP contribution in [0.3, 0.4) is 0 Å². The van der Waals surface area contributed by atoms with E-state index in [9.17, 15) is 9.59 Å². The van der Waals surface area contributed by atoms with Crippen molar-refractivity contribution in [3.8, 4) is 0 Å². The Balaban J connectivity index is 3.52. The fourth-order valence-electron chi connectivity index (χ4n) is 2.07. The van der Waals surface area contributed by atoms with Crippen molar-refractivity contribution in [1.82, 2.24) is 0 Å². The lowest BCUT2D eigenvalue weighted by atomic mass is 10.1. The van der Waals surface area contributed by atoms with E-state index < -0.39 is 5.97 Å². The van der Waals surface area contributed by atoms with Gasteiger partial charge in [-0.3, -0.25) is 0 Å². The number of unbranched alkanes of at least 4 members (excludes halogenated alkanes) is 6. The molecule has 2 N–H and O–H groups in total. The van der Waals surface area contributed by atoms with Crippen LogP contribution in [0, 0.1) is 0 Å². The quantitative estimate of drug-likeness (QED) is 0.273. The lowest BCUT2D eigenvalue weighted by Crippen LogP contribution is -2.08. The third-order valence-corrected chi connectivity index (χ3v) is 3.58. The largest absolute Gasteiger partial charge is 0.478 e. The van der Waals surface area contributed by atoms with Crippen LogP contribution in [-0.2, 0) is 14.3 Å². The molecule has 0 fully saturated rings. The maximum Gasteiger partial charge on any atom is 0.333 e. The highest BCUT2D eigenvalue weighted by Crippen LogP contribution is 2.12. The van der Waals surface area contributed by atoms with Crippen molar-refractivity contribution in [3.05, 3.63) is 24.3 Å². The van der Waals surface area contributed by atoms with Crippen LogP contribution in [0.15, 0.2) is 24.3 Å². The van der Waals surface area contributed by atoms with Gasteiger partial charge in [0.2, 0.25) is 0 Å². The van der Waals surface area contributed by atoms with Crippen molar-refractivity contribution in [2.45, 2.75) is 64.2 Å². The highest BCUT2D eigenvalue weighted by molar-refractivity contribution is 5.87. The Bertz CT molecular complexity index is 387. The van der Waals surface area contributed by atoms with Crippen LogP contribution in [0.25, 0.3) is 0 Å². The van der Waals surface area contributed by atoms with Gasteiger partial charge in [-0.05, 0) is 44.9 Å². The number of hydrogen-bond donors (Lipinski definition) is 2. The van der Waals surface area contributed by atoms with Crippen molar-refractivity contribution in [3.63, 3.8) is 0 Å². The number of aliphatic carboxylic acids is 1. The summed E-state index contributed by atoms with van der Waals surface area (Å²) in [4.78, 5) is 22.2. The molecule has 0 aromatic carbocycles. The fraction of sp³-hybridized carbons (Fsp3) is 0.667. The number of rotatable bonds is 15. The molecule has 0 bridgehead atoms. The van der Waals surface area contributed by atoms with Gasteiger partial charge in [-0.2, -0.15) is 0 Å². The Morgan fingerprint density at radius 3 is 1.91 bits per heavy atom. The van der Waals surface area contributed by atoms with Gasteiger partial charge in [0.1, 0.15) is 0 Å². The summed E-state index contributed by atoms with van der Waals surface area (Å²) in [6.45, 7) is 7.80. The van der Waals surface area contributed by atoms with E-state index in [-0.39, 0.29) is 18.1 Å². The van der Waals surface area contributed by atoms with E-state index in [1.165, 1.54) is 0 Å². The fourth-order valence-corrected chi connectivity index (χ4v) is 2.07. The van der Waals surface area contributed by atoms with Gasteiger partial charge < -0.3 is 14.9 Å². The number of carboxylic acid groups (broad SMARTS) is 1. The first-order valence-electron chi connectivity index (χ1n) is 8.36. The predicted molar refractivity (Wildman–Crippen MR) is 90.1 cm³/mol. The van der Waals surface area contributed by atoms with Crippen molar-refractivity contribution in [2.75, 3.05) is 13.2 Å². The van der Waals surface area contributed by atoms with E-state index >= 15 is 0 Å². The smallest absolute Gasteiger partial charge is 0.333 e. The van der Waals surface area contributed by atoms with Crippen LogP contribution < -0.4 is 0 Å². The first kappa shape index (κ1) is 21.4. The lowest BCUT2D eigenvalue weighted by Gasteiger charge is -2.07. The van der Waals surface area contributed by atoms with Crippen LogP contribution in [0.1, 0.15) is 64.2 Å². The van der Waals surface area contributed by atoms with Crippen molar-refractivity contribution in [2.24, 2.45) is 0 Å². The molecule has 0 saturated heterocycles. The van der Waals surface area contributed by atoms with Crippen molar-refractivity contribution >= 4 is 11.9 Å². The Morgan fingerprint density at radius 1 is 0.783 bits per heavy atom. The molecule has 0 rings (SSSR count). The van der Waals surface area contributed by atoms with Crippen LogP contribution in [0.2, 0.25) is 0 Å². The predicted octanol–water partition coefficient (Wildman–Crippen LogP) is 3.62. The number of carboxylic acids is 1. The number of ether oxygens (including phenoxy) is 1. The third kappa shape index (κ3) is 12.6. The number of carbonyl (C=O) groups is 2. The molecule has 23 heavy (non-hydrogen) atoms. The molecule has 0 aliphatic carbocycles. The Labute approximate surface area is 139 Å². The molecular weight excluding hydrogens is 296 g/mol. The van der Waals surface area contributed by atoms with E-state index in [4.69, 9.17) is 14.9 Å². The van der Waals surface area contributed by atoms with Gasteiger partial charge in [0.15, 0.2) is 0 Å².